The summed E-state index contributed by atoms with van der Waals surface area (Å²) in [6.45, 7) is 6.80. The van der Waals surface area contributed by atoms with E-state index in [1.807, 2.05) is 18.2 Å². The van der Waals surface area contributed by atoms with E-state index in [4.69, 9.17) is 9.47 Å². The van der Waals surface area contributed by atoms with Crippen LogP contribution in [0.15, 0.2) is 35.9 Å². The van der Waals surface area contributed by atoms with Gasteiger partial charge in [0.25, 0.3) is 0 Å². The van der Waals surface area contributed by atoms with Crippen LogP contribution in [-0.2, 0) is 0 Å². The number of benzene rings is 1. The molecule has 0 spiro atoms. The minimum Gasteiger partial charge on any atom is -0.496 e. The fourth-order valence-corrected chi connectivity index (χ4v) is 2.64. The summed E-state index contributed by atoms with van der Waals surface area (Å²) < 4.78 is 11.0. The molecule has 0 heterocycles. The van der Waals surface area contributed by atoms with Gasteiger partial charge in [-0.3, -0.25) is 0 Å². The maximum atomic E-state index is 5.49. The number of hydrogen-bond donors (Lipinski definition) is 0. The van der Waals surface area contributed by atoms with Crippen LogP contribution < -0.4 is 9.47 Å². The Morgan fingerprint density at radius 2 is 1.50 bits per heavy atom. The molecule has 0 aliphatic heterocycles. The van der Waals surface area contributed by atoms with Crippen LogP contribution in [0.25, 0.3) is 5.57 Å². The van der Waals surface area contributed by atoms with Crippen molar-refractivity contribution in [3.05, 3.63) is 41.5 Å². The Kier molecular flexibility index (Phi) is 4.22. The molecule has 0 radical (unpaired) electrons. The van der Waals surface area contributed by atoms with Gasteiger partial charge in [-0.2, -0.15) is 0 Å². The average molecular weight is 272 g/mol. The Hall–Kier alpha value is -1.70. The van der Waals surface area contributed by atoms with E-state index in [1.165, 1.54) is 11.1 Å². The molecule has 1 aliphatic carbocycles. The molecular weight excluding hydrogens is 248 g/mol. The third-order valence-electron chi connectivity index (χ3n) is 3.86. The summed E-state index contributed by atoms with van der Waals surface area (Å²) >= 11 is 0. The zero-order valence-corrected chi connectivity index (χ0v) is 13.1. The van der Waals surface area contributed by atoms with Gasteiger partial charge in [0.05, 0.1) is 19.8 Å². The molecule has 2 nitrogen and oxygen atoms in total. The van der Waals surface area contributed by atoms with Gasteiger partial charge in [-0.25, -0.2) is 0 Å². The molecule has 2 heteroatoms. The normalized spacial score (nSPS) is 15.4. The zero-order valence-electron chi connectivity index (χ0n) is 13.1. The molecule has 0 atom stereocenters. The van der Waals surface area contributed by atoms with Gasteiger partial charge in [0, 0.05) is 0 Å². The first-order chi connectivity index (χ1) is 9.47. The standard InChI is InChI=1S/C18H24O2/c1-18(2,3)14-11-9-13(10-12-14)17-15(19-4)7-6-8-16(17)20-5/h6-9,11H,10,12H2,1-5H3. The van der Waals surface area contributed by atoms with Crippen LogP contribution >= 0.6 is 0 Å². The smallest absolute Gasteiger partial charge is 0.130 e. The van der Waals surface area contributed by atoms with Crippen molar-refractivity contribution in [1.82, 2.24) is 0 Å². The van der Waals surface area contributed by atoms with Crippen LogP contribution in [0.1, 0.15) is 39.2 Å². The Balaban J connectivity index is 2.44. The summed E-state index contributed by atoms with van der Waals surface area (Å²) in [5, 5.41) is 0. The molecule has 108 valence electrons. The van der Waals surface area contributed by atoms with Gasteiger partial charge in [-0.1, -0.05) is 44.6 Å². The van der Waals surface area contributed by atoms with E-state index in [0.29, 0.717) is 0 Å². The number of allylic oxidation sites excluding steroid dienone is 4. The summed E-state index contributed by atoms with van der Waals surface area (Å²) in [5.74, 6) is 1.76. The topological polar surface area (TPSA) is 18.5 Å². The minimum atomic E-state index is 0.243. The number of methoxy groups -OCH3 is 2. The molecule has 20 heavy (non-hydrogen) atoms. The van der Waals surface area contributed by atoms with E-state index in [1.54, 1.807) is 14.2 Å². The maximum Gasteiger partial charge on any atom is 0.130 e. The summed E-state index contributed by atoms with van der Waals surface area (Å²) in [4.78, 5) is 0. The van der Waals surface area contributed by atoms with Gasteiger partial charge >= 0.3 is 0 Å². The van der Waals surface area contributed by atoms with Crippen molar-refractivity contribution in [1.29, 1.82) is 0 Å². The summed E-state index contributed by atoms with van der Waals surface area (Å²) in [6.07, 6.45) is 6.59. The lowest BCUT2D eigenvalue weighted by atomic mass is 9.79. The van der Waals surface area contributed by atoms with Gasteiger partial charge < -0.3 is 9.47 Å². The quantitative estimate of drug-likeness (QED) is 0.782. The van der Waals surface area contributed by atoms with Crippen LogP contribution in [0.3, 0.4) is 0 Å². The van der Waals surface area contributed by atoms with Crippen LogP contribution in [0.2, 0.25) is 0 Å². The first-order valence-corrected chi connectivity index (χ1v) is 7.09. The highest BCUT2D eigenvalue weighted by Crippen LogP contribution is 2.41. The van der Waals surface area contributed by atoms with E-state index in [-0.39, 0.29) is 5.41 Å². The second-order valence-corrected chi connectivity index (χ2v) is 6.17. The second-order valence-electron chi connectivity index (χ2n) is 6.17. The monoisotopic (exact) mass is 272 g/mol. The predicted octanol–water partition coefficient (Wildman–Crippen LogP) is 4.85. The van der Waals surface area contributed by atoms with Gasteiger partial charge in [0.2, 0.25) is 0 Å². The fraction of sp³-hybridized carbons (Fsp3) is 0.444. The predicted molar refractivity (Wildman–Crippen MR) is 84.3 cm³/mol. The van der Waals surface area contributed by atoms with Crippen LogP contribution in [0, 0.1) is 5.41 Å². The molecule has 0 amide bonds. The van der Waals surface area contributed by atoms with Gasteiger partial charge in [-0.05, 0) is 36.0 Å². The Bertz CT molecular complexity index is 523. The molecule has 0 saturated carbocycles. The molecule has 0 fully saturated rings. The van der Waals surface area contributed by atoms with E-state index in [2.05, 4.69) is 32.9 Å². The van der Waals surface area contributed by atoms with E-state index in [0.717, 1.165) is 29.9 Å². The highest BCUT2D eigenvalue weighted by Gasteiger charge is 2.22. The Morgan fingerprint density at radius 3 is 1.90 bits per heavy atom. The molecule has 0 unspecified atom stereocenters. The Morgan fingerprint density at radius 1 is 0.900 bits per heavy atom. The molecular formula is C18H24O2. The SMILES string of the molecule is COc1cccc(OC)c1C1=CC=C(C(C)(C)C)CC1. The minimum absolute atomic E-state index is 0.243. The zero-order chi connectivity index (χ0) is 14.8. The van der Waals surface area contributed by atoms with Crippen molar-refractivity contribution < 1.29 is 9.47 Å². The molecule has 0 bridgehead atoms. The van der Waals surface area contributed by atoms with Crippen molar-refractivity contribution in [2.24, 2.45) is 5.41 Å². The molecule has 0 saturated heterocycles. The molecule has 0 N–H and O–H groups in total. The number of hydrogen-bond acceptors (Lipinski definition) is 2. The highest BCUT2D eigenvalue weighted by molar-refractivity contribution is 5.77. The van der Waals surface area contributed by atoms with Crippen LogP contribution in [-0.4, -0.2) is 14.2 Å². The van der Waals surface area contributed by atoms with Gasteiger partial charge in [0.1, 0.15) is 11.5 Å². The van der Waals surface area contributed by atoms with Crippen molar-refractivity contribution >= 4 is 5.57 Å². The van der Waals surface area contributed by atoms with Gasteiger partial charge in [-0.15, -0.1) is 0 Å². The lowest BCUT2D eigenvalue weighted by Gasteiger charge is -2.27. The summed E-state index contributed by atoms with van der Waals surface area (Å²) in [6, 6.07) is 5.93. The van der Waals surface area contributed by atoms with Crippen LogP contribution in [0.5, 0.6) is 11.5 Å². The second kappa shape index (κ2) is 5.74. The van der Waals surface area contributed by atoms with Crippen LogP contribution in [0.4, 0.5) is 0 Å². The summed E-state index contributed by atoms with van der Waals surface area (Å²) in [7, 11) is 3.41. The first-order valence-electron chi connectivity index (χ1n) is 7.09. The molecule has 1 aliphatic rings. The Labute approximate surface area is 122 Å². The van der Waals surface area contributed by atoms with E-state index >= 15 is 0 Å². The molecule has 1 aromatic carbocycles. The average Bonchev–Trinajstić information content (AvgIpc) is 2.45. The van der Waals surface area contributed by atoms with Crippen molar-refractivity contribution in [2.75, 3.05) is 14.2 Å². The lowest BCUT2D eigenvalue weighted by molar-refractivity contribution is 0.391. The van der Waals surface area contributed by atoms with Gasteiger partial charge in [0.15, 0.2) is 0 Å². The molecule has 2 rings (SSSR count). The lowest BCUT2D eigenvalue weighted by Crippen LogP contribution is -2.11. The fourth-order valence-electron chi connectivity index (χ4n) is 2.64. The number of rotatable bonds is 3. The van der Waals surface area contributed by atoms with E-state index in [9.17, 15) is 0 Å². The third-order valence-corrected chi connectivity index (χ3v) is 3.86. The largest absolute Gasteiger partial charge is 0.496 e. The molecule has 1 aromatic rings. The first kappa shape index (κ1) is 14.7. The molecule has 0 aromatic heterocycles. The van der Waals surface area contributed by atoms with E-state index < -0.39 is 0 Å². The summed E-state index contributed by atoms with van der Waals surface area (Å²) in [5.41, 5.74) is 4.11. The number of ether oxygens (including phenoxy) is 2. The third kappa shape index (κ3) is 2.90. The maximum absolute atomic E-state index is 5.49. The highest BCUT2D eigenvalue weighted by atomic mass is 16.5. The van der Waals surface area contributed by atoms with Crippen molar-refractivity contribution in [3.8, 4) is 11.5 Å². The van der Waals surface area contributed by atoms with Crippen molar-refractivity contribution in [2.45, 2.75) is 33.6 Å². The van der Waals surface area contributed by atoms with Crippen molar-refractivity contribution in [3.63, 3.8) is 0 Å².